The second kappa shape index (κ2) is 5.45. The van der Waals surface area contributed by atoms with E-state index in [0.717, 1.165) is 19.4 Å². The summed E-state index contributed by atoms with van der Waals surface area (Å²) in [5, 5.41) is 9.28. The van der Waals surface area contributed by atoms with Crippen molar-refractivity contribution in [1.29, 1.82) is 0 Å². The lowest BCUT2D eigenvalue weighted by Gasteiger charge is -2.22. The zero-order chi connectivity index (χ0) is 13.1. The third-order valence-electron chi connectivity index (χ3n) is 3.14. The van der Waals surface area contributed by atoms with E-state index in [1.54, 1.807) is 4.90 Å². The van der Waals surface area contributed by atoms with E-state index in [2.05, 4.69) is 19.9 Å². The van der Waals surface area contributed by atoms with Gasteiger partial charge in [0, 0.05) is 20.1 Å². The molecule has 0 aliphatic carbocycles. The van der Waals surface area contributed by atoms with E-state index in [4.69, 9.17) is 5.73 Å². The fourth-order valence-electron chi connectivity index (χ4n) is 2.19. The van der Waals surface area contributed by atoms with Crippen LogP contribution < -0.4 is 10.6 Å². The summed E-state index contributed by atoms with van der Waals surface area (Å²) < 4.78 is 0. The molecule has 0 bridgehead atoms. The first-order valence-corrected chi connectivity index (χ1v) is 6.13. The van der Waals surface area contributed by atoms with Gasteiger partial charge in [-0.1, -0.05) is 0 Å². The highest BCUT2D eigenvalue weighted by atomic mass is 16.3. The van der Waals surface area contributed by atoms with Gasteiger partial charge in [-0.25, -0.2) is 0 Å². The van der Waals surface area contributed by atoms with E-state index in [-0.39, 0.29) is 18.6 Å². The monoisotopic (exact) mass is 252 g/mol. The molecule has 0 amide bonds. The van der Waals surface area contributed by atoms with Gasteiger partial charge in [-0.15, -0.1) is 0 Å². The van der Waals surface area contributed by atoms with E-state index in [0.29, 0.717) is 18.3 Å². The minimum Gasteiger partial charge on any atom is -0.395 e. The molecule has 1 saturated heterocycles. The van der Waals surface area contributed by atoms with Crippen LogP contribution in [0.3, 0.4) is 0 Å². The molecule has 0 saturated carbocycles. The van der Waals surface area contributed by atoms with E-state index in [9.17, 15) is 5.11 Å². The molecule has 0 aromatic carbocycles. The maximum Gasteiger partial charge on any atom is 0.229 e. The SMILES string of the molecule is CN(C)c1nc(N)nc(CN2CCCC2CO)n1. The summed E-state index contributed by atoms with van der Waals surface area (Å²) in [5.74, 6) is 1.47. The third kappa shape index (κ3) is 2.85. The average Bonchev–Trinajstić information content (AvgIpc) is 2.75. The highest BCUT2D eigenvalue weighted by Crippen LogP contribution is 2.19. The molecule has 100 valence electrons. The molecule has 1 unspecified atom stereocenters. The van der Waals surface area contributed by atoms with Crippen LogP contribution in [0.15, 0.2) is 0 Å². The number of nitrogens with two attached hydrogens (primary N) is 1. The Morgan fingerprint density at radius 2 is 2.17 bits per heavy atom. The Bertz CT molecular complexity index is 411. The highest BCUT2D eigenvalue weighted by Gasteiger charge is 2.24. The molecule has 1 fully saturated rings. The predicted molar refractivity (Wildman–Crippen MR) is 69.1 cm³/mol. The number of hydrogen-bond acceptors (Lipinski definition) is 7. The van der Waals surface area contributed by atoms with Crippen LogP contribution in [0.25, 0.3) is 0 Å². The zero-order valence-electron chi connectivity index (χ0n) is 10.9. The highest BCUT2D eigenvalue weighted by molar-refractivity contribution is 5.32. The molecule has 2 rings (SSSR count). The van der Waals surface area contributed by atoms with E-state index >= 15 is 0 Å². The molecule has 1 aromatic rings. The lowest BCUT2D eigenvalue weighted by atomic mass is 10.2. The Balaban J connectivity index is 2.13. The van der Waals surface area contributed by atoms with Gasteiger partial charge >= 0.3 is 0 Å². The van der Waals surface area contributed by atoms with Gasteiger partial charge in [-0.05, 0) is 19.4 Å². The molecular weight excluding hydrogens is 232 g/mol. The predicted octanol–water partition coefficient (Wildman–Crippen LogP) is -0.523. The summed E-state index contributed by atoms with van der Waals surface area (Å²) in [5.41, 5.74) is 5.68. The lowest BCUT2D eigenvalue weighted by molar-refractivity contribution is 0.151. The number of aliphatic hydroxyl groups excluding tert-OH is 1. The number of hydrogen-bond donors (Lipinski definition) is 2. The van der Waals surface area contributed by atoms with Crippen LogP contribution >= 0.6 is 0 Å². The van der Waals surface area contributed by atoms with Crippen molar-refractivity contribution < 1.29 is 5.11 Å². The Labute approximate surface area is 107 Å². The van der Waals surface area contributed by atoms with Crippen molar-refractivity contribution in [3.8, 4) is 0 Å². The topological polar surface area (TPSA) is 91.4 Å². The van der Waals surface area contributed by atoms with Crippen LogP contribution in [0, 0.1) is 0 Å². The first-order valence-electron chi connectivity index (χ1n) is 6.13. The number of rotatable bonds is 4. The van der Waals surface area contributed by atoms with Crippen LogP contribution in [-0.4, -0.2) is 58.2 Å². The minimum atomic E-state index is 0.182. The van der Waals surface area contributed by atoms with Crippen molar-refractivity contribution in [2.45, 2.75) is 25.4 Å². The van der Waals surface area contributed by atoms with Gasteiger partial charge in [-0.2, -0.15) is 15.0 Å². The van der Waals surface area contributed by atoms with Crippen molar-refractivity contribution in [3.63, 3.8) is 0 Å². The van der Waals surface area contributed by atoms with Crippen molar-refractivity contribution in [1.82, 2.24) is 19.9 Å². The normalized spacial score (nSPS) is 20.3. The second-order valence-corrected chi connectivity index (χ2v) is 4.75. The van der Waals surface area contributed by atoms with Crippen molar-refractivity contribution in [2.24, 2.45) is 0 Å². The molecule has 7 heteroatoms. The van der Waals surface area contributed by atoms with Crippen LogP contribution in [-0.2, 0) is 6.54 Å². The van der Waals surface area contributed by atoms with Gasteiger partial charge in [0.1, 0.15) is 5.82 Å². The smallest absolute Gasteiger partial charge is 0.229 e. The number of aromatic nitrogens is 3. The summed E-state index contributed by atoms with van der Waals surface area (Å²) >= 11 is 0. The van der Waals surface area contributed by atoms with Crippen LogP contribution in [0.4, 0.5) is 11.9 Å². The maximum absolute atomic E-state index is 9.28. The Hall–Kier alpha value is -1.47. The van der Waals surface area contributed by atoms with Crippen molar-refractivity contribution in [3.05, 3.63) is 5.82 Å². The van der Waals surface area contributed by atoms with E-state index in [1.807, 2.05) is 14.1 Å². The number of nitrogens with zero attached hydrogens (tertiary/aromatic N) is 5. The molecule has 0 radical (unpaired) electrons. The first-order chi connectivity index (χ1) is 8.60. The first kappa shape index (κ1) is 13.0. The van der Waals surface area contributed by atoms with Crippen molar-refractivity contribution >= 4 is 11.9 Å². The summed E-state index contributed by atoms with van der Waals surface area (Å²) in [4.78, 5) is 16.6. The molecule has 1 aliphatic rings. The van der Waals surface area contributed by atoms with Gasteiger partial charge < -0.3 is 15.7 Å². The molecule has 7 nitrogen and oxygen atoms in total. The third-order valence-corrected chi connectivity index (χ3v) is 3.14. The largest absolute Gasteiger partial charge is 0.395 e. The molecule has 1 atom stereocenters. The molecule has 1 aromatic heterocycles. The van der Waals surface area contributed by atoms with Crippen LogP contribution in [0.5, 0.6) is 0 Å². The summed E-state index contributed by atoms with van der Waals surface area (Å²) in [6.07, 6.45) is 2.13. The van der Waals surface area contributed by atoms with Crippen LogP contribution in [0.1, 0.15) is 18.7 Å². The molecular formula is C11H20N6O. The molecule has 2 heterocycles. The summed E-state index contributed by atoms with van der Waals surface area (Å²) in [6.45, 7) is 1.76. The number of aliphatic hydroxyl groups is 1. The Kier molecular flexibility index (Phi) is 3.93. The maximum atomic E-state index is 9.28. The summed E-state index contributed by atoms with van der Waals surface area (Å²) in [6, 6.07) is 0.214. The molecule has 1 aliphatic heterocycles. The minimum absolute atomic E-state index is 0.182. The molecule has 18 heavy (non-hydrogen) atoms. The molecule has 3 N–H and O–H groups in total. The fourth-order valence-corrected chi connectivity index (χ4v) is 2.19. The van der Waals surface area contributed by atoms with Gasteiger partial charge in [0.05, 0.1) is 13.2 Å². The van der Waals surface area contributed by atoms with Gasteiger partial charge in [0.15, 0.2) is 0 Å². The Morgan fingerprint density at radius 3 is 2.83 bits per heavy atom. The van der Waals surface area contributed by atoms with Gasteiger partial charge in [0.25, 0.3) is 0 Å². The Morgan fingerprint density at radius 1 is 1.39 bits per heavy atom. The van der Waals surface area contributed by atoms with Gasteiger partial charge in [0.2, 0.25) is 11.9 Å². The number of nitrogen functional groups attached to an aromatic ring is 1. The molecule has 0 spiro atoms. The zero-order valence-corrected chi connectivity index (χ0v) is 10.9. The van der Waals surface area contributed by atoms with Gasteiger partial charge in [-0.3, -0.25) is 4.90 Å². The lowest BCUT2D eigenvalue weighted by Crippen LogP contribution is -2.32. The number of likely N-dealkylation sites (tertiary alicyclic amines) is 1. The summed E-state index contributed by atoms with van der Waals surface area (Å²) in [7, 11) is 3.73. The fraction of sp³-hybridized carbons (Fsp3) is 0.727. The quantitative estimate of drug-likeness (QED) is 0.744. The number of anilines is 2. The standard InChI is InChI=1S/C11H20N6O/c1-16(2)11-14-9(13-10(12)15-11)6-17-5-3-4-8(17)7-18/h8,18H,3-7H2,1-2H3,(H2,12,13,14,15). The van der Waals surface area contributed by atoms with Crippen LogP contribution in [0.2, 0.25) is 0 Å². The second-order valence-electron chi connectivity index (χ2n) is 4.75. The van der Waals surface area contributed by atoms with E-state index in [1.165, 1.54) is 0 Å². The van der Waals surface area contributed by atoms with Crippen molar-refractivity contribution in [2.75, 3.05) is 37.9 Å². The van der Waals surface area contributed by atoms with E-state index < -0.39 is 0 Å². The average molecular weight is 252 g/mol.